The van der Waals surface area contributed by atoms with Crippen molar-refractivity contribution >= 4 is 21.8 Å². The summed E-state index contributed by atoms with van der Waals surface area (Å²) in [6.45, 7) is 0. The molecule has 21 heavy (non-hydrogen) atoms. The van der Waals surface area contributed by atoms with Crippen LogP contribution in [0, 0.1) is 5.82 Å². The van der Waals surface area contributed by atoms with Crippen LogP contribution in [0.4, 0.5) is 4.39 Å². The molecule has 2 rings (SSSR count). The molecule has 4 nitrogen and oxygen atoms in total. The zero-order chi connectivity index (χ0) is 15.5. The fourth-order valence-electron chi connectivity index (χ4n) is 1.72. The molecule has 0 unspecified atom stereocenters. The molecule has 0 spiro atoms. The van der Waals surface area contributed by atoms with E-state index in [-0.39, 0.29) is 4.90 Å². The minimum absolute atomic E-state index is 0.190. The van der Waals surface area contributed by atoms with E-state index in [1.165, 1.54) is 6.08 Å². The van der Waals surface area contributed by atoms with Crippen LogP contribution in [0.1, 0.15) is 5.56 Å². The molecule has 2 aromatic rings. The maximum absolute atomic E-state index is 12.9. The van der Waals surface area contributed by atoms with Crippen LogP contribution in [-0.2, 0) is 14.6 Å². The molecule has 1 amide bonds. The first-order valence-corrected chi connectivity index (χ1v) is 7.47. The predicted octanol–water partition coefficient (Wildman–Crippen LogP) is 2.13. The van der Waals surface area contributed by atoms with Gasteiger partial charge in [-0.05, 0) is 35.9 Å². The fourth-order valence-corrected chi connectivity index (χ4v) is 3.03. The van der Waals surface area contributed by atoms with Gasteiger partial charge < -0.3 is 5.73 Å². The predicted molar refractivity (Wildman–Crippen MR) is 77.2 cm³/mol. The van der Waals surface area contributed by atoms with Gasteiger partial charge in [-0.15, -0.1) is 0 Å². The minimum Gasteiger partial charge on any atom is -0.365 e. The van der Waals surface area contributed by atoms with Crippen molar-refractivity contribution in [2.75, 3.05) is 0 Å². The van der Waals surface area contributed by atoms with Crippen LogP contribution in [0.2, 0.25) is 0 Å². The summed E-state index contributed by atoms with van der Waals surface area (Å²) in [6, 6.07) is 12.6. The Labute approximate surface area is 121 Å². The minimum atomic E-state index is -4.10. The number of hydrogen-bond acceptors (Lipinski definition) is 3. The third-order valence-electron chi connectivity index (χ3n) is 2.75. The van der Waals surface area contributed by atoms with Crippen molar-refractivity contribution in [3.05, 3.63) is 70.9 Å². The highest BCUT2D eigenvalue weighted by Gasteiger charge is 2.25. The van der Waals surface area contributed by atoms with E-state index in [0.29, 0.717) is 5.56 Å². The molecule has 0 saturated carbocycles. The number of carbonyl (C=O) groups excluding carboxylic acids is 1. The molecule has 2 aromatic carbocycles. The van der Waals surface area contributed by atoms with Crippen LogP contribution in [0.3, 0.4) is 0 Å². The van der Waals surface area contributed by atoms with E-state index in [4.69, 9.17) is 5.73 Å². The summed E-state index contributed by atoms with van der Waals surface area (Å²) in [5, 5.41) is 0. The number of rotatable bonds is 4. The third-order valence-corrected chi connectivity index (χ3v) is 4.54. The lowest BCUT2D eigenvalue weighted by Crippen LogP contribution is -2.21. The topological polar surface area (TPSA) is 77.2 Å². The molecule has 0 fully saturated rings. The van der Waals surface area contributed by atoms with Crippen molar-refractivity contribution in [2.45, 2.75) is 4.90 Å². The standard InChI is InChI=1S/C15H12FNO3S/c16-12-6-8-13(9-7-12)21(19,20)14(15(17)18)10-11-4-2-1-3-5-11/h1-10H,(H2,17,18)/b14-10-. The summed E-state index contributed by atoms with van der Waals surface area (Å²) in [7, 11) is -4.10. The van der Waals surface area contributed by atoms with E-state index < -0.39 is 26.5 Å². The summed E-state index contributed by atoms with van der Waals surface area (Å²) < 4.78 is 37.7. The molecule has 6 heteroatoms. The zero-order valence-corrected chi connectivity index (χ0v) is 11.7. The molecular weight excluding hydrogens is 293 g/mol. The maximum Gasteiger partial charge on any atom is 0.260 e. The van der Waals surface area contributed by atoms with E-state index in [0.717, 1.165) is 24.3 Å². The average Bonchev–Trinajstić information content (AvgIpc) is 2.46. The van der Waals surface area contributed by atoms with Gasteiger partial charge in [0.1, 0.15) is 10.7 Å². The van der Waals surface area contributed by atoms with Gasteiger partial charge in [0.2, 0.25) is 9.84 Å². The maximum atomic E-state index is 12.9. The van der Waals surface area contributed by atoms with Gasteiger partial charge in [0.25, 0.3) is 5.91 Å². The Morgan fingerprint density at radius 3 is 2.10 bits per heavy atom. The summed E-state index contributed by atoms with van der Waals surface area (Å²) >= 11 is 0. The summed E-state index contributed by atoms with van der Waals surface area (Å²) in [5.41, 5.74) is 5.70. The summed E-state index contributed by atoms with van der Waals surface area (Å²) in [5.74, 6) is -1.63. The van der Waals surface area contributed by atoms with Crippen LogP contribution in [0.25, 0.3) is 6.08 Å². The first kappa shape index (κ1) is 14.9. The number of hydrogen-bond donors (Lipinski definition) is 1. The highest BCUT2D eigenvalue weighted by Crippen LogP contribution is 2.21. The molecule has 0 aliphatic heterocycles. The summed E-state index contributed by atoms with van der Waals surface area (Å²) in [6.07, 6.45) is 1.20. The fraction of sp³-hybridized carbons (Fsp3) is 0. The molecule has 0 aliphatic rings. The number of amides is 1. The van der Waals surface area contributed by atoms with Gasteiger partial charge >= 0.3 is 0 Å². The molecule has 0 atom stereocenters. The second kappa shape index (κ2) is 5.88. The van der Waals surface area contributed by atoms with E-state index in [2.05, 4.69) is 0 Å². The van der Waals surface area contributed by atoms with Crippen LogP contribution >= 0.6 is 0 Å². The quantitative estimate of drug-likeness (QED) is 0.694. The van der Waals surface area contributed by atoms with Crippen LogP contribution in [0.15, 0.2) is 64.4 Å². The molecule has 0 saturated heterocycles. The van der Waals surface area contributed by atoms with Gasteiger partial charge in [-0.2, -0.15) is 0 Å². The Balaban J connectivity index is 2.55. The Kier molecular flexibility index (Phi) is 4.18. The number of benzene rings is 2. The van der Waals surface area contributed by atoms with Crippen molar-refractivity contribution in [1.29, 1.82) is 0 Å². The molecule has 0 radical (unpaired) electrons. The molecule has 0 bridgehead atoms. The first-order chi connectivity index (χ1) is 9.91. The lowest BCUT2D eigenvalue weighted by Gasteiger charge is -2.06. The summed E-state index contributed by atoms with van der Waals surface area (Å²) in [4.78, 5) is 10.8. The van der Waals surface area contributed by atoms with Gasteiger partial charge in [-0.25, -0.2) is 12.8 Å². The molecule has 108 valence electrons. The molecule has 0 aliphatic carbocycles. The lowest BCUT2D eigenvalue weighted by atomic mass is 10.2. The number of carbonyl (C=O) groups is 1. The largest absolute Gasteiger partial charge is 0.365 e. The van der Waals surface area contributed by atoms with Crippen LogP contribution < -0.4 is 5.73 Å². The van der Waals surface area contributed by atoms with Gasteiger partial charge in [-0.1, -0.05) is 30.3 Å². The highest BCUT2D eigenvalue weighted by atomic mass is 32.2. The number of nitrogens with two attached hydrogens (primary N) is 1. The number of halogens is 1. The number of primary amides is 1. The van der Waals surface area contributed by atoms with E-state index in [9.17, 15) is 17.6 Å². The lowest BCUT2D eigenvalue weighted by molar-refractivity contribution is -0.113. The van der Waals surface area contributed by atoms with Crippen molar-refractivity contribution in [3.63, 3.8) is 0 Å². The second-order valence-corrected chi connectivity index (χ2v) is 6.16. The van der Waals surface area contributed by atoms with Crippen molar-refractivity contribution < 1.29 is 17.6 Å². The van der Waals surface area contributed by atoms with Gasteiger partial charge in [0.05, 0.1) is 4.90 Å². The van der Waals surface area contributed by atoms with Crippen LogP contribution in [-0.4, -0.2) is 14.3 Å². The van der Waals surface area contributed by atoms with Gasteiger partial charge in [-0.3, -0.25) is 4.79 Å². The highest BCUT2D eigenvalue weighted by molar-refractivity contribution is 7.96. The Morgan fingerprint density at radius 1 is 1.00 bits per heavy atom. The van der Waals surface area contributed by atoms with Gasteiger partial charge in [0.15, 0.2) is 0 Å². The molecule has 0 heterocycles. The van der Waals surface area contributed by atoms with Crippen molar-refractivity contribution in [3.8, 4) is 0 Å². The first-order valence-electron chi connectivity index (χ1n) is 5.98. The Morgan fingerprint density at radius 2 is 1.57 bits per heavy atom. The van der Waals surface area contributed by atoms with E-state index in [1.807, 2.05) is 0 Å². The average molecular weight is 305 g/mol. The third kappa shape index (κ3) is 3.35. The van der Waals surface area contributed by atoms with Crippen LogP contribution in [0.5, 0.6) is 0 Å². The van der Waals surface area contributed by atoms with E-state index in [1.54, 1.807) is 30.3 Å². The zero-order valence-electron chi connectivity index (χ0n) is 10.9. The second-order valence-electron chi connectivity index (χ2n) is 4.24. The normalized spacial score (nSPS) is 12.1. The monoisotopic (exact) mass is 305 g/mol. The van der Waals surface area contributed by atoms with Gasteiger partial charge in [0, 0.05) is 0 Å². The number of sulfone groups is 1. The SMILES string of the molecule is NC(=O)/C(=C/c1ccccc1)S(=O)(=O)c1ccc(F)cc1. The van der Waals surface area contributed by atoms with Crippen molar-refractivity contribution in [1.82, 2.24) is 0 Å². The van der Waals surface area contributed by atoms with E-state index >= 15 is 0 Å². The van der Waals surface area contributed by atoms with Crippen molar-refractivity contribution in [2.24, 2.45) is 5.73 Å². The Bertz CT molecular complexity index is 781. The Hall–Kier alpha value is -2.47. The molecule has 2 N–H and O–H groups in total. The molecular formula is C15H12FNO3S. The molecule has 0 aromatic heterocycles. The smallest absolute Gasteiger partial charge is 0.260 e.